The van der Waals surface area contributed by atoms with Crippen molar-refractivity contribution >= 4 is 17.8 Å². The minimum atomic E-state index is -1.16. The van der Waals surface area contributed by atoms with Gasteiger partial charge in [0.25, 0.3) is 11.8 Å². The second kappa shape index (κ2) is 10.1. The Morgan fingerprint density at radius 1 is 1.07 bits per heavy atom. The average molecular weight is 388 g/mol. The number of carbonyl (C=O) groups excluding carboxylic acids is 2. The number of carboxylic acid groups (broad SMARTS) is 1. The molecule has 0 saturated carbocycles. The van der Waals surface area contributed by atoms with Crippen LogP contribution in [0.3, 0.4) is 0 Å². The Labute approximate surface area is 161 Å². The first-order valence-electron chi connectivity index (χ1n) is 8.79. The highest BCUT2D eigenvalue weighted by molar-refractivity contribution is 6.05. The molecule has 0 radical (unpaired) electrons. The summed E-state index contributed by atoms with van der Waals surface area (Å²) in [4.78, 5) is 44.0. The van der Waals surface area contributed by atoms with Crippen molar-refractivity contribution in [1.29, 1.82) is 0 Å². The van der Waals surface area contributed by atoms with Crippen molar-refractivity contribution in [2.45, 2.75) is 38.8 Å². The van der Waals surface area contributed by atoms with Gasteiger partial charge in [0.2, 0.25) is 0 Å². The van der Waals surface area contributed by atoms with Crippen LogP contribution in [0, 0.1) is 5.82 Å². The molecule has 1 atom stereocenters. The minimum Gasteiger partial charge on any atom is -0.480 e. The van der Waals surface area contributed by atoms with Crippen LogP contribution in [0.2, 0.25) is 0 Å². The van der Waals surface area contributed by atoms with E-state index in [-0.39, 0.29) is 30.2 Å². The zero-order valence-electron chi connectivity index (χ0n) is 15.3. The summed E-state index contributed by atoms with van der Waals surface area (Å²) in [5, 5.41) is 14.2. The van der Waals surface area contributed by atoms with Gasteiger partial charge in [-0.2, -0.15) is 0 Å². The van der Waals surface area contributed by atoms with Crippen molar-refractivity contribution in [3.63, 3.8) is 0 Å². The van der Waals surface area contributed by atoms with Gasteiger partial charge in [0.1, 0.15) is 11.9 Å². The molecule has 0 saturated heterocycles. The third kappa shape index (κ3) is 5.83. The minimum absolute atomic E-state index is 0.102. The van der Waals surface area contributed by atoms with E-state index in [9.17, 15) is 23.9 Å². The molecule has 1 aromatic carbocycles. The van der Waals surface area contributed by atoms with Gasteiger partial charge >= 0.3 is 5.97 Å². The highest BCUT2D eigenvalue weighted by atomic mass is 19.1. The summed E-state index contributed by atoms with van der Waals surface area (Å²) in [5.41, 5.74) is 0.179. The summed E-state index contributed by atoms with van der Waals surface area (Å²) in [5.74, 6) is -2.99. The van der Waals surface area contributed by atoms with E-state index in [0.717, 1.165) is 6.42 Å². The number of halogens is 1. The van der Waals surface area contributed by atoms with E-state index in [0.29, 0.717) is 12.0 Å². The summed E-state index contributed by atoms with van der Waals surface area (Å²) in [6, 6.07) is 4.50. The smallest absolute Gasteiger partial charge is 0.326 e. The topological polar surface area (TPSA) is 121 Å². The lowest BCUT2D eigenvalue weighted by atomic mass is 10.1. The number of hydrogen-bond donors (Lipinski definition) is 3. The van der Waals surface area contributed by atoms with E-state index in [2.05, 4.69) is 20.6 Å². The molecule has 2 amide bonds. The van der Waals surface area contributed by atoms with Gasteiger partial charge in [0.15, 0.2) is 11.4 Å². The van der Waals surface area contributed by atoms with Crippen LogP contribution >= 0.6 is 0 Å². The van der Waals surface area contributed by atoms with Crippen molar-refractivity contribution in [2.24, 2.45) is 0 Å². The molecule has 1 heterocycles. The quantitative estimate of drug-likeness (QED) is 0.603. The first kappa shape index (κ1) is 20.9. The summed E-state index contributed by atoms with van der Waals surface area (Å²) < 4.78 is 12.9. The third-order valence-corrected chi connectivity index (χ3v) is 3.94. The molecule has 148 valence electrons. The van der Waals surface area contributed by atoms with E-state index >= 15 is 0 Å². The fourth-order valence-corrected chi connectivity index (χ4v) is 2.43. The van der Waals surface area contributed by atoms with Gasteiger partial charge in [-0.3, -0.25) is 9.59 Å². The number of carbonyl (C=O) groups is 3. The standard InChI is InChI=1S/C19H21FN4O4/c1-2-3-4-14(19(27)28)24-18(26)16-15(21-9-10-22-16)17(25)23-11-12-5-7-13(20)8-6-12/h5-10,14H,2-4,11H2,1H3,(H,23,25)(H,24,26)(H,27,28)/t14-/m0/s1. The van der Waals surface area contributed by atoms with Crippen LogP contribution < -0.4 is 10.6 Å². The molecule has 3 N–H and O–H groups in total. The fraction of sp³-hybridized carbons (Fsp3) is 0.316. The molecule has 0 spiro atoms. The van der Waals surface area contributed by atoms with Crippen LogP contribution in [-0.2, 0) is 11.3 Å². The van der Waals surface area contributed by atoms with Gasteiger partial charge in [-0.25, -0.2) is 19.2 Å². The molecule has 0 aliphatic rings. The van der Waals surface area contributed by atoms with Crippen LogP contribution in [0.5, 0.6) is 0 Å². The number of rotatable bonds is 9. The average Bonchev–Trinajstić information content (AvgIpc) is 2.70. The molecule has 1 aromatic heterocycles. The van der Waals surface area contributed by atoms with Gasteiger partial charge < -0.3 is 15.7 Å². The van der Waals surface area contributed by atoms with E-state index < -0.39 is 23.8 Å². The number of nitrogens with zero attached hydrogens (tertiary/aromatic N) is 2. The molecule has 28 heavy (non-hydrogen) atoms. The zero-order valence-corrected chi connectivity index (χ0v) is 15.3. The molecular weight excluding hydrogens is 367 g/mol. The number of unbranched alkanes of at least 4 members (excludes halogenated alkanes) is 1. The highest BCUT2D eigenvalue weighted by Gasteiger charge is 2.25. The van der Waals surface area contributed by atoms with Crippen molar-refractivity contribution in [1.82, 2.24) is 20.6 Å². The van der Waals surface area contributed by atoms with Crippen LogP contribution in [0.15, 0.2) is 36.7 Å². The van der Waals surface area contributed by atoms with Gasteiger partial charge in [0, 0.05) is 18.9 Å². The Bertz CT molecular complexity index is 842. The number of benzene rings is 1. The van der Waals surface area contributed by atoms with Gasteiger partial charge in [-0.1, -0.05) is 31.9 Å². The monoisotopic (exact) mass is 388 g/mol. The maximum absolute atomic E-state index is 12.9. The van der Waals surface area contributed by atoms with E-state index in [4.69, 9.17) is 0 Å². The molecule has 0 bridgehead atoms. The lowest BCUT2D eigenvalue weighted by Gasteiger charge is -2.14. The van der Waals surface area contributed by atoms with E-state index in [1.165, 1.54) is 36.7 Å². The number of carboxylic acids is 1. The SMILES string of the molecule is CCCC[C@H](NC(=O)c1nccnc1C(=O)NCc1ccc(F)cc1)C(=O)O. The summed E-state index contributed by atoms with van der Waals surface area (Å²) in [6.07, 6.45) is 4.18. The van der Waals surface area contributed by atoms with Crippen LogP contribution in [0.4, 0.5) is 4.39 Å². The molecule has 9 heteroatoms. The van der Waals surface area contributed by atoms with Crippen LogP contribution in [0.1, 0.15) is 52.7 Å². The Hall–Kier alpha value is -3.36. The van der Waals surface area contributed by atoms with Crippen molar-refractivity contribution in [3.8, 4) is 0 Å². The summed E-state index contributed by atoms with van der Waals surface area (Å²) >= 11 is 0. The van der Waals surface area contributed by atoms with Crippen LogP contribution in [0.25, 0.3) is 0 Å². The number of amides is 2. The summed E-state index contributed by atoms with van der Waals surface area (Å²) in [6.45, 7) is 2.01. The van der Waals surface area contributed by atoms with E-state index in [1.54, 1.807) is 0 Å². The highest BCUT2D eigenvalue weighted by Crippen LogP contribution is 2.07. The lowest BCUT2D eigenvalue weighted by molar-refractivity contribution is -0.139. The Kier molecular flexibility index (Phi) is 7.55. The van der Waals surface area contributed by atoms with Gasteiger partial charge in [-0.05, 0) is 24.1 Å². The first-order chi connectivity index (χ1) is 13.4. The third-order valence-electron chi connectivity index (χ3n) is 3.94. The maximum atomic E-state index is 12.9. The zero-order chi connectivity index (χ0) is 20.5. The Balaban J connectivity index is 2.09. The van der Waals surface area contributed by atoms with Crippen molar-refractivity contribution < 1.29 is 23.9 Å². The van der Waals surface area contributed by atoms with Crippen molar-refractivity contribution in [3.05, 3.63) is 59.4 Å². The lowest BCUT2D eigenvalue weighted by Crippen LogP contribution is -2.42. The van der Waals surface area contributed by atoms with E-state index in [1.807, 2.05) is 6.92 Å². The predicted molar refractivity (Wildman–Crippen MR) is 98.0 cm³/mol. The number of hydrogen-bond acceptors (Lipinski definition) is 5. The normalized spacial score (nSPS) is 11.5. The van der Waals surface area contributed by atoms with Crippen molar-refractivity contribution in [2.75, 3.05) is 0 Å². The molecule has 2 rings (SSSR count). The molecule has 0 fully saturated rings. The molecule has 0 aliphatic carbocycles. The second-order valence-corrected chi connectivity index (χ2v) is 6.07. The fourth-order valence-electron chi connectivity index (χ4n) is 2.43. The predicted octanol–water partition coefficient (Wildman–Crippen LogP) is 1.92. The van der Waals surface area contributed by atoms with Gasteiger partial charge in [0.05, 0.1) is 0 Å². The van der Waals surface area contributed by atoms with Crippen LogP contribution in [-0.4, -0.2) is 38.9 Å². The Morgan fingerprint density at radius 3 is 2.25 bits per heavy atom. The molecule has 8 nitrogen and oxygen atoms in total. The second-order valence-electron chi connectivity index (χ2n) is 6.07. The van der Waals surface area contributed by atoms with Gasteiger partial charge in [-0.15, -0.1) is 0 Å². The molecular formula is C19H21FN4O4. The number of aromatic nitrogens is 2. The Morgan fingerprint density at radius 2 is 1.68 bits per heavy atom. The number of aliphatic carboxylic acids is 1. The molecule has 2 aromatic rings. The number of nitrogens with one attached hydrogen (secondary N) is 2. The largest absolute Gasteiger partial charge is 0.480 e. The maximum Gasteiger partial charge on any atom is 0.326 e. The molecule has 0 aliphatic heterocycles. The first-order valence-corrected chi connectivity index (χ1v) is 8.79. The molecule has 0 unspecified atom stereocenters. The summed E-state index contributed by atoms with van der Waals surface area (Å²) in [7, 11) is 0.